The number of benzene rings is 1. The van der Waals surface area contributed by atoms with Crippen molar-refractivity contribution in [2.75, 3.05) is 11.9 Å². The van der Waals surface area contributed by atoms with Crippen molar-refractivity contribution in [3.63, 3.8) is 0 Å². The molecule has 1 rings (SSSR count). The molecule has 9 nitrogen and oxygen atoms in total. The van der Waals surface area contributed by atoms with Crippen molar-refractivity contribution in [3.8, 4) is 0 Å². The number of anilines is 1. The fourth-order valence-corrected chi connectivity index (χ4v) is 2.60. The number of hydrogen-bond acceptors (Lipinski definition) is 6. The number of nitrogens with two attached hydrogens (primary N) is 1. The van der Waals surface area contributed by atoms with E-state index >= 15 is 0 Å². The molecular weight excluding hydrogens is 376 g/mol. The van der Waals surface area contributed by atoms with E-state index in [9.17, 15) is 19.2 Å². The van der Waals surface area contributed by atoms with Crippen LogP contribution in [0.1, 0.15) is 50.5 Å². The van der Waals surface area contributed by atoms with Gasteiger partial charge in [-0.05, 0) is 18.1 Å². The third kappa shape index (κ3) is 8.30. The Labute approximate surface area is 170 Å². The van der Waals surface area contributed by atoms with Crippen molar-refractivity contribution in [1.82, 2.24) is 10.6 Å². The molecular formula is C20H30N4O5. The molecule has 9 heteroatoms. The number of primary amides is 1. The van der Waals surface area contributed by atoms with E-state index in [1.807, 2.05) is 27.7 Å². The number of carbonyl (C=O) groups is 4. The van der Waals surface area contributed by atoms with Crippen molar-refractivity contribution >= 4 is 29.4 Å². The molecule has 3 amide bonds. The second-order valence-corrected chi connectivity index (χ2v) is 7.33. The molecule has 160 valence electrons. The number of nitrogens with one attached hydrogen (secondary N) is 3. The molecule has 1 atom stereocenters. The average Bonchev–Trinajstić information content (AvgIpc) is 2.62. The maximum absolute atomic E-state index is 12.3. The van der Waals surface area contributed by atoms with Gasteiger partial charge in [0.2, 0.25) is 17.7 Å². The Kier molecular flexibility index (Phi) is 9.27. The molecule has 0 saturated carbocycles. The minimum absolute atomic E-state index is 0.0587. The Bertz CT molecular complexity index is 761. The Balaban J connectivity index is 2.74. The molecule has 0 fully saturated rings. The van der Waals surface area contributed by atoms with E-state index in [4.69, 9.17) is 10.5 Å². The summed E-state index contributed by atoms with van der Waals surface area (Å²) in [6.45, 7) is 8.66. The number of esters is 1. The van der Waals surface area contributed by atoms with Crippen LogP contribution in [-0.4, -0.2) is 42.3 Å². The highest BCUT2D eigenvalue weighted by molar-refractivity contribution is 5.98. The first-order chi connectivity index (χ1) is 13.5. The topological polar surface area (TPSA) is 140 Å². The molecule has 0 aromatic heterocycles. The molecule has 0 saturated heterocycles. The number of ether oxygens (including phenoxy) is 1. The van der Waals surface area contributed by atoms with Gasteiger partial charge in [-0.1, -0.05) is 33.8 Å². The minimum atomic E-state index is -0.712. The molecule has 0 radical (unpaired) electrons. The van der Waals surface area contributed by atoms with Crippen LogP contribution in [0.15, 0.2) is 18.2 Å². The van der Waals surface area contributed by atoms with Gasteiger partial charge >= 0.3 is 5.97 Å². The van der Waals surface area contributed by atoms with E-state index in [1.165, 1.54) is 13.0 Å². The molecule has 0 bridgehead atoms. The van der Waals surface area contributed by atoms with Gasteiger partial charge < -0.3 is 26.4 Å². The predicted octanol–water partition coefficient (Wildman–Crippen LogP) is 0.926. The first-order valence-electron chi connectivity index (χ1n) is 9.41. The van der Waals surface area contributed by atoms with Crippen molar-refractivity contribution < 1.29 is 23.9 Å². The second-order valence-electron chi connectivity index (χ2n) is 7.33. The highest BCUT2D eigenvalue weighted by Gasteiger charge is 2.23. The molecule has 1 unspecified atom stereocenters. The average molecular weight is 406 g/mol. The van der Waals surface area contributed by atoms with Gasteiger partial charge in [0.1, 0.15) is 6.61 Å². The summed E-state index contributed by atoms with van der Waals surface area (Å²) < 4.78 is 4.89. The number of hydrogen-bond donors (Lipinski definition) is 4. The monoisotopic (exact) mass is 406 g/mol. The maximum Gasteiger partial charge on any atom is 0.302 e. The maximum atomic E-state index is 12.3. The fraction of sp³-hybridized carbons (Fsp3) is 0.500. The lowest BCUT2D eigenvalue weighted by atomic mass is 10.0. The zero-order chi connectivity index (χ0) is 22.1. The lowest BCUT2D eigenvalue weighted by molar-refractivity contribution is -0.142. The van der Waals surface area contributed by atoms with Crippen LogP contribution in [0.3, 0.4) is 0 Å². The van der Waals surface area contributed by atoms with Gasteiger partial charge in [0.05, 0.1) is 12.6 Å². The van der Waals surface area contributed by atoms with E-state index in [2.05, 4.69) is 16.0 Å². The van der Waals surface area contributed by atoms with Crippen LogP contribution in [0.25, 0.3) is 0 Å². The summed E-state index contributed by atoms with van der Waals surface area (Å²) in [6.07, 6.45) is 0. The third-order valence-corrected chi connectivity index (χ3v) is 3.98. The van der Waals surface area contributed by atoms with Gasteiger partial charge in [0.15, 0.2) is 0 Å². The molecule has 0 spiro atoms. The van der Waals surface area contributed by atoms with E-state index < -0.39 is 23.8 Å². The number of amides is 3. The molecule has 1 aromatic carbocycles. The van der Waals surface area contributed by atoms with Crippen LogP contribution in [-0.2, 0) is 25.7 Å². The molecule has 0 aliphatic carbocycles. The van der Waals surface area contributed by atoms with Crippen LogP contribution in [0, 0.1) is 5.92 Å². The van der Waals surface area contributed by atoms with Gasteiger partial charge in [0, 0.05) is 29.8 Å². The number of rotatable bonds is 10. The molecule has 0 aliphatic heterocycles. The Morgan fingerprint density at radius 3 is 2.28 bits per heavy atom. The van der Waals surface area contributed by atoms with E-state index in [-0.39, 0.29) is 36.6 Å². The van der Waals surface area contributed by atoms with Gasteiger partial charge in [-0.3, -0.25) is 19.2 Å². The first kappa shape index (κ1) is 24.1. The Hall–Kier alpha value is -2.94. The Morgan fingerprint density at radius 1 is 1.10 bits per heavy atom. The highest BCUT2D eigenvalue weighted by Crippen LogP contribution is 2.17. The second kappa shape index (κ2) is 11.2. The smallest absolute Gasteiger partial charge is 0.302 e. The van der Waals surface area contributed by atoms with Gasteiger partial charge in [0.25, 0.3) is 0 Å². The summed E-state index contributed by atoms with van der Waals surface area (Å²) in [6, 6.07) is 4.21. The molecule has 5 N–H and O–H groups in total. The van der Waals surface area contributed by atoms with E-state index in [0.717, 1.165) is 0 Å². The van der Waals surface area contributed by atoms with Crippen LogP contribution in [0.4, 0.5) is 5.69 Å². The summed E-state index contributed by atoms with van der Waals surface area (Å²) in [5, 5.41) is 8.38. The highest BCUT2D eigenvalue weighted by atomic mass is 16.5. The minimum Gasteiger partial charge on any atom is -0.461 e. The Morgan fingerprint density at radius 2 is 1.76 bits per heavy atom. The lowest BCUT2D eigenvalue weighted by Crippen LogP contribution is -2.51. The predicted molar refractivity (Wildman–Crippen MR) is 109 cm³/mol. The molecule has 29 heavy (non-hydrogen) atoms. The summed E-state index contributed by atoms with van der Waals surface area (Å²) in [4.78, 5) is 47.1. The molecule has 0 aliphatic rings. The summed E-state index contributed by atoms with van der Waals surface area (Å²) in [5.74, 6) is -1.85. The first-order valence-corrected chi connectivity index (χ1v) is 9.41. The van der Waals surface area contributed by atoms with Crippen molar-refractivity contribution in [3.05, 3.63) is 29.3 Å². The van der Waals surface area contributed by atoms with Crippen molar-refractivity contribution in [1.29, 1.82) is 0 Å². The summed E-state index contributed by atoms with van der Waals surface area (Å²) >= 11 is 0. The summed E-state index contributed by atoms with van der Waals surface area (Å²) in [7, 11) is 0. The van der Waals surface area contributed by atoms with Gasteiger partial charge in [-0.25, -0.2) is 0 Å². The normalized spacial score (nSPS) is 11.8. The SMILES string of the molecule is CC(=O)OCc1ccc(NC(=O)CNC(=O)C(NC(C)C)C(C)C)cc1C(N)=O. The van der Waals surface area contributed by atoms with Gasteiger partial charge in [-0.2, -0.15) is 0 Å². The molecule has 0 heterocycles. The third-order valence-electron chi connectivity index (χ3n) is 3.98. The quantitative estimate of drug-likeness (QED) is 0.426. The van der Waals surface area contributed by atoms with E-state index in [0.29, 0.717) is 11.3 Å². The van der Waals surface area contributed by atoms with Crippen LogP contribution in [0.2, 0.25) is 0 Å². The zero-order valence-corrected chi connectivity index (χ0v) is 17.5. The fourth-order valence-electron chi connectivity index (χ4n) is 2.60. The lowest BCUT2D eigenvalue weighted by Gasteiger charge is -2.23. The van der Waals surface area contributed by atoms with Crippen LogP contribution >= 0.6 is 0 Å². The molecule has 1 aromatic rings. The number of carbonyl (C=O) groups excluding carboxylic acids is 4. The van der Waals surface area contributed by atoms with Crippen LogP contribution < -0.4 is 21.7 Å². The van der Waals surface area contributed by atoms with Crippen molar-refractivity contribution in [2.24, 2.45) is 11.7 Å². The van der Waals surface area contributed by atoms with Crippen molar-refractivity contribution in [2.45, 2.75) is 53.3 Å². The van der Waals surface area contributed by atoms with E-state index in [1.54, 1.807) is 12.1 Å². The van der Waals surface area contributed by atoms with Crippen LogP contribution in [0.5, 0.6) is 0 Å². The zero-order valence-electron chi connectivity index (χ0n) is 17.5. The van der Waals surface area contributed by atoms with Gasteiger partial charge in [-0.15, -0.1) is 0 Å². The largest absolute Gasteiger partial charge is 0.461 e. The standard InChI is InChI=1S/C20H30N4O5/c1-11(2)18(23-12(3)4)20(28)22-9-17(26)24-15-7-6-14(10-29-13(5)25)16(8-15)19(21)27/h6-8,11-12,18,23H,9-10H2,1-5H3,(H2,21,27)(H,22,28)(H,24,26). The summed E-state index contributed by atoms with van der Waals surface area (Å²) in [5.41, 5.74) is 6.27.